The first-order valence-corrected chi connectivity index (χ1v) is 8.55. The van der Waals surface area contributed by atoms with Crippen molar-refractivity contribution >= 4 is 16.0 Å². The van der Waals surface area contributed by atoms with Gasteiger partial charge in [-0.05, 0) is 41.8 Å². The number of likely N-dealkylation sites (N-methyl/N-ethyl adjacent to an activating group) is 1. The molecule has 8 heteroatoms. The predicted octanol–water partition coefficient (Wildman–Crippen LogP) is 0.317. The van der Waals surface area contributed by atoms with E-state index in [1.54, 1.807) is 18.5 Å². The van der Waals surface area contributed by atoms with Gasteiger partial charge in [0.2, 0.25) is 10.0 Å². The number of nitrogens with zero attached hydrogens (tertiary/aromatic N) is 2. The molecule has 0 aliphatic heterocycles. The van der Waals surface area contributed by atoms with E-state index in [-0.39, 0.29) is 22.8 Å². The fourth-order valence-corrected chi connectivity index (χ4v) is 3.47. The molecule has 0 amide bonds. The van der Waals surface area contributed by atoms with Crippen molar-refractivity contribution in [1.82, 2.24) is 9.29 Å². The molecule has 0 bridgehead atoms. The van der Waals surface area contributed by atoms with E-state index in [1.165, 1.54) is 26.3 Å². The molecule has 0 radical (unpaired) electrons. The minimum atomic E-state index is -3.91. The maximum atomic E-state index is 12.7. The lowest BCUT2D eigenvalue weighted by Gasteiger charge is -2.19. The monoisotopic (exact) mass is 349 g/mol. The van der Waals surface area contributed by atoms with Crippen LogP contribution in [-0.2, 0) is 16.4 Å². The second-order valence-corrected chi connectivity index (χ2v) is 7.10. The second-order valence-electron chi connectivity index (χ2n) is 5.09. The molecule has 7 nitrogen and oxygen atoms in total. The lowest BCUT2D eigenvalue weighted by Crippen LogP contribution is -2.30. The van der Waals surface area contributed by atoms with Gasteiger partial charge >= 0.3 is 0 Å². The van der Waals surface area contributed by atoms with Gasteiger partial charge in [-0.25, -0.2) is 12.7 Å². The average Bonchev–Trinajstić information content (AvgIpc) is 2.59. The van der Waals surface area contributed by atoms with Crippen LogP contribution >= 0.6 is 0 Å². The van der Waals surface area contributed by atoms with Crippen LogP contribution in [0.3, 0.4) is 0 Å². The van der Waals surface area contributed by atoms with Gasteiger partial charge in [-0.3, -0.25) is 4.98 Å². The molecule has 1 aromatic carbocycles. The van der Waals surface area contributed by atoms with E-state index in [0.717, 1.165) is 15.9 Å². The van der Waals surface area contributed by atoms with Crippen LogP contribution in [0, 0.1) is 0 Å². The number of benzene rings is 1. The van der Waals surface area contributed by atoms with Crippen molar-refractivity contribution in [2.75, 3.05) is 20.7 Å². The van der Waals surface area contributed by atoms with E-state index in [2.05, 4.69) is 4.98 Å². The Labute approximate surface area is 140 Å². The number of hydrogen-bond acceptors (Lipinski definition) is 6. The maximum absolute atomic E-state index is 12.7. The number of pyridine rings is 1. The Hall–Kier alpha value is -2.45. The van der Waals surface area contributed by atoms with Crippen LogP contribution in [0.25, 0.3) is 0 Å². The number of carbonyl (C=O) groups excluding carboxylic acids is 1. The number of carbonyl (C=O) groups is 1. The first-order valence-electron chi connectivity index (χ1n) is 7.11. The van der Waals surface area contributed by atoms with Gasteiger partial charge in [-0.1, -0.05) is 6.07 Å². The third kappa shape index (κ3) is 3.90. The highest BCUT2D eigenvalue weighted by atomic mass is 32.2. The first-order chi connectivity index (χ1) is 11.4. The molecule has 0 aliphatic rings. The highest BCUT2D eigenvalue weighted by Gasteiger charge is 2.25. The summed E-state index contributed by atoms with van der Waals surface area (Å²) in [6.45, 7) is 0.215. The molecule has 0 unspecified atom stereocenters. The van der Waals surface area contributed by atoms with Crippen LogP contribution in [0.15, 0.2) is 47.6 Å². The highest BCUT2D eigenvalue weighted by Crippen LogP contribution is 2.27. The first kappa shape index (κ1) is 17.9. The van der Waals surface area contributed by atoms with Crippen molar-refractivity contribution in [3.8, 4) is 5.75 Å². The molecule has 1 heterocycles. The quantitative estimate of drug-likeness (QED) is 0.714. The fraction of sp³-hybridized carbons (Fsp3) is 0.250. The number of sulfonamides is 1. The summed E-state index contributed by atoms with van der Waals surface area (Å²) in [4.78, 5) is 14.8. The second kappa shape index (κ2) is 7.41. The zero-order valence-electron chi connectivity index (χ0n) is 13.3. The molecule has 0 spiro atoms. The Morgan fingerprint density at radius 1 is 1.33 bits per heavy atom. The number of rotatable bonds is 7. The van der Waals surface area contributed by atoms with E-state index < -0.39 is 16.0 Å². The lowest BCUT2D eigenvalue weighted by molar-refractivity contribution is -0.255. The molecule has 1 aromatic heterocycles. The van der Waals surface area contributed by atoms with Crippen LogP contribution < -0.4 is 9.84 Å². The molecule has 0 fully saturated rings. The van der Waals surface area contributed by atoms with Crippen molar-refractivity contribution in [2.45, 2.75) is 11.3 Å². The molecule has 128 valence electrons. The van der Waals surface area contributed by atoms with Crippen LogP contribution in [0.2, 0.25) is 0 Å². The molecule has 2 rings (SSSR count). The van der Waals surface area contributed by atoms with E-state index in [0.29, 0.717) is 6.42 Å². The number of ether oxygens (including phenoxy) is 1. The molecule has 0 aliphatic carbocycles. The number of aromatic nitrogens is 1. The highest BCUT2D eigenvalue weighted by molar-refractivity contribution is 7.89. The predicted molar refractivity (Wildman–Crippen MR) is 85.1 cm³/mol. The van der Waals surface area contributed by atoms with Crippen molar-refractivity contribution in [3.05, 3.63) is 53.9 Å². The molecule has 24 heavy (non-hydrogen) atoms. The zero-order valence-corrected chi connectivity index (χ0v) is 14.1. The zero-order chi connectivity index (χ0) is 17.7. The van der Waals surface area contributed by atoms with Gasteiger partial charge in [0, 0.05) is 26.0 Å². The third-order valence-electron chi connectivity index (χ3n) is 3.53. The van der Waals surface area contributed by atoms with E-state index >= 15 is 0 Å². The lowest BCUT2D eigenvalue weighted by atomic mass is 10.2. The third-order valence-corrected chi connectivity index (χ3v) is 5.40. The summed E-state index contributed by atoms with van der Waals surface area (Å²) in [5.41, 5.74) is 0.671. The van der Waals surface area contributed by atoms with Gasteiger partial charge < -0.3 is 14.6 Å². The van der Waals surface area contributed by atoms with Gasteiger partial charge in [-0.15, -0.1) is 0 Å². The van der Waals surface area contributed by atoms with Gasteiger partial charge in [0.15, 0.2) is 0 Å². The molecule has 0 saturated carbocycles. The van der Waals surface area contributed by atoms with Gasteiger partial charge in [0.1, 0.15) is 10.6 Å². The van der Waals surface area contributed by atoms with Gasteiger partial charge in [-0.2, -0.15) is 0 Å². The SMILES string of the molecule is COc1ccc(C(=O)[O-])cc1S(=O)(=O)N(C)CCc1cccnc1. The van der Waals surface area contributed by atoms with Crippen molar-refractivity contribution < 1.29 is 23.1 Å². The number of aromatic carboxylic acids is 1. The summed E-state index contributed by atoms with van der Waals surface area (Å²) in [5.74, 6) is -1.37. The normalized spacial score (nSPS) is 11.5. The fourth-order valence-electron chi connectivity index (χ4n) is 2.13. The topological polar surface area (TPSA) is 99.6 Å². The molecule has 0 atom stereocenters. The van der Waals surface area contributed by atoms with Crippen LogP contribution in [-0.4, -0.2) is 44.4 Å². The summed E-state index contributed by atoms with van der Waals surface area (Å²) < 4.78 is 31.6. The molecule has 0 N–H and O–H groups in total. The van der Waals surface area contributed by atoms with E-state index in [9.17, 15) is 18.3 Å². The Morgan fingerprint density at radius 2 is 2.08 bits per heavy atom. The Morgan fingerprint density at radius 3 is 2.67 bits per heavy atom. The maximum Gasteiger partial charge on any atom is 0.246 e. The van der Waals surface area contributed by atoms with Crippen LogP contribution in [0.5, 0.6) is 5.75 Å². The smallest absolute Gasteiger partial charge is 0.246 e. The summed E-state index contributed by atoms with van der Waals surface area (Å²) >= 11 is 0. The summed E-state index contributed by atoms with van der Waals surface area (Å²) in [6, 6.07) is 7.21. The molecular formula is C16H17N2O5S-. The summed E-state index contributed by atoms with van der Waals surface area (Å²) in [6.07, 6.45) is 3.78. The Balaban J connectivity index is 2.28. The minimum Gasteiger partial charge on any atom is -0.545 e. The average molecular weight is 349 g/mol. The number of hydrogen-bond donors (Lipinski definition) is 0. The number of carboxylic acids is 1. The summed E-state index contributed by atoms with van der Waals surface area (Å²) in [7, 11) is -1.16. The molecule has 0 saturated heterocycles. The van der Waals surface area contributed by atoms with Crippen molar-refractivity contribution in [1.29, 1.82) is 0 Å². The van der Waals surface area contributed by atoms with E-state index in [4.69, 9.17) is 4.74 Å². The van der Waals surface area contributed by atoms with Crippen LogP contribution in [0.1, 0.15) is 15.9 Å². The standard InChI is InChI=1S/C16H18N2O5S/c1-18(9-7-12-4-3-8-17-11-12)24(21,22)15-10-13(16(19)20)5-6-14(15)23-2/h3-6,8,10-11H,7,9H2,1-2H3,(H,19,20)/p-1. The molecule has 2 aromatic rings. The van der Waals surface area contributed by atoms with Gasteiger partial charge in [0.25, 0.3) is 0 Å². The Bertz CT molecular complexity index is 822. The minimum absolute atomic E-state index is 0.0771. The number of methoxy groups -OCH3 is 1. The van der Waals surface area contributed by atoms with Crippen molar-refractivity contribution in [3.63, 3.8) is 0 Å². The van der Waals surface area contributed by atoms with Crippen molar-refractivity contribution in [2.24, 2.45) is 0 Å². The molecular weight excluding hydrogens is 332 g/mol. The largest absolute Gasteiger partial charge is 0.545 e. The Kier molecular flexibility index (Phi) is 5.53. The summed E-state index contributed by atoms with van der Waals surface area (Å²) in [5, 5.41) is 11.0. The number of carboxylic acid groups (broad SMARTS) is 1. The van der Waals surface area contributed by atoms with Crippen LogP contribution in [0.4, 0.5) is 0 Å². The van der Waals surface area contributed by atoms with Gasteiger partial charge in [0.05, 0.1) is 13.1 Å². The van der Waals surface area contributed by atoms with E-state index in [1.807, 2.05) is 6.07 Å².